The molecule has 3 rings (SSSR count). The van der Waals surface area contributed by atoms with Gasteiger partial charge in [0.05, 0.1) is 0 Å². The normalized spacial score (nSPS) is 24.3. The summed E-state index contributed by atoms with van der Waals surface area (Å²) in [6.45, 7) is 4.47. The molecule has 17 heavy (non-hydrogen) atoms. The molecule has 2 aliphatic rings. The van der Waals surface area contributed by atoms with Gasteiger partial charge in [-0.2, -0.15) is 0 Å². The topological polar surface area (TPSA) is 24.9 Å². The summed E-state index contributed by atoms with van der Waals surface area (Å²) in [4.78, 5) is 4.51. The van der Waals surface area contributed by atoms with Crippen LogP contribution in [-0.2, 0) is 5.41 Å². The summed E-state index contributed by atoms with van der Waals surface area (Å²) in [5.74, 6) is 0.877. The molecule has 1 saturated heterocycles. The molecule has 1 aromatic heterocycles. The van der Waals surface area contributed by atoms with Crippen molar-refractivity contribution in [2.24, 2.45) is 5.92 Å². The molecule has 0 atom stereocenters. The number of aromatic nitrogens is 1. The Morgan fingerprint density at radius 3 is 2.53 bits per heavy atom. The zero-order chi connectivity index (χ0) is 11.7. The minimum atomic E-state index is 0.475. The van der Waals surface area contributed by atoms with Crippen LogP contribution < -0.4 is 5.32 Å². The summed E-state index contributed by atoms with van der Waals surface area (Å²) >= 11 is 0. The average Bonchev–Trinajstić information content (AvgIpc) is 2.32. The molecule has 1 aliphatic carbocycles. The molecule has 1 N–H and O–H groups in total. The predicted octanol–water partition coefficient (Wildman–Crippen LogP) is 2.81. The highest BCUT2D eigenvalue weighted by molar-refractivity contribution is 5.28. The van der Waals surface area contributed by atoms with E-state index in [-0.39, 0.29) is 0 Å². The van der Waals surface area contributed by atoms with Gasteiger partial charge in [-0.15, -0.1) is 0 Å². The molecule has 1 saturated carbocycles. The minimum Gasteiger partial charge on any atom is -0.317 e. The lowest BCUT2D eigenvalue weighted by Crippen LogP contribution is -2.46. The molecular formula is C15H22N2. The van der Waals surface area contributed by atoms with Gasteiger partial charge in [0, 0.05) is 11.9 Å². The lowest BCUT2D eigenvalue weighted by Gasteiger charge is -2.50. The fourth-order valence-corrected chi connectivity index (χ4v) is 3.63. The molecule has 92 valence electrons. The van der Waals surface area contributed by atoms with Crippen molar-refractivity contribution in [1.82, 2.24) is 10.3 Å². The van der Waals surface area contributed by atoms with E-state index in [1.807, 2.05) is 0 Å². The highest BCUT2D eigenvalue weighted by atomic mass is 14.9. The van der Waals surface area contributed by atoms with Crippen molar-refractivity contribution >= 4 is 0 Å². The van der Waals surface area contributed by atoms with Crippen LogP contribution in [0.4, 0.5) is 0 Å². The van der Waals surface area contributed by atoms with Crippen LogP contribution in [0, 0.1) is 12.8 Å². The van der Waals surface area contributed by atoms with Gasteiger partial charge in [-0.1, -0.05) is 12.5 Å². The van der Waals surface area contributed by atoms with Gasteiger partial charge >= 0.3 is 0 Å². The van der Waals surface area contributed by atoms with E-state index in [1.165, 1.54) is 50.8 Å². The first-order valence-electron chi connectivity index (χ1n) is 6.95. The van der Waals surface area contributed by atoms with Crippen LogP contribution >= 0.6 is 0 Å². The van der Waals surface area contributed by atoms with E-state index in [0.717, 1.165) is 11.6 Å². The summed E-state index contributed by atoms with van der Waals surface area (Å²) in [5.41, 5.74) is 3.11. The smallest absolute Gasteiger partial charge is 0.0372 e. The molecule has 2 heterocycles. The summed E-state index contributed by atoms with van der Waals surface area (Å²) in [7, 11) is 0. The first-order valence-corrected chi connectivity index (χ1v) is 6.95. The lowest BCUT2D eigenvalue weighted by atomic mass is 9.56. The van der Waals surface area contributed by atoms with Gasteiger partial charge in [0.25, 0.3) is 0 Å². The van der Waals surface area contributed by atoms with Crippen LogP contribution in [0.15, 0.2) is 18.3 Å². The third-order valence-electron chi connectivity index (χ3n) is 4.85. The van der Waals surface area contributed by atoms with Gasteiger partial charge in [-0.05, 0) is 68.7 Å². The number of hydrogen-bond acceptors (Lipinski definition) is 2. The standard InChI is InChI=1S/C15H22N2/c1-12-3-4-14(11-17-12)15(7-2-8-15)13-5-9-16-10-6-13/h3-4,11,13,16H,2,5-10H2,1H3. The summed E-state index contributed by atoms with van der Waals surface area (Å²) in [6.07, 6.45) is 8.97. The Balaban J connectivity index is 1.87. The van der Waals surface area contributed by atoms with Crippen molar-refractivity contribution < 1.29 is 0 Å². The molecule has 0 spiro atoms. The van der Waals surface area contributed by atoms with Crippen molar-refractivity contribution in [2.75, 3.05) is 13.1 Å². The Hall–Kier alpha value is -0.890. The van der Waals surface area contributed by atoms with Crippen LogP contribution in [0.1, 0.15) is 43.4 Å². The van der Waals surface area contributed by atoms with Gasteiger partial charge in [0.15, 0.2) is 0 Å². The molecule has 2 heteroatoms. The van der Waals surface area contributed by atoms with E-state index < -0.39 is 0 Å². The van der Waals surface area contributed by atoms with E-state index in [0.29, 0.717) is 5.41 Å². The number of aryl methyl sites for hydroxylation is 1. The zero-order valence-corrected chi connectivity index (χ0v) is 10.7. The molecular weight excluding hydrogens is 208 g/mol. The average molecular weight is 230 g/mol. The molecule has 1 aromatic rings. The van der Waals surface area contributed by atoms with Gasteiger partial charge in [0.2, 0.25) is 0 Å². The molecule has 2 fully saturated rings. The second-order valence-electron chi connectivity index (χ2n) is 5.72. The van der Waals surface area contributed by atoms with Crippen molar-refractivity contribution in [3.63, 3.8) is 0 Å². The maximum atomic E-state index is 4.51. The van der Waals surface area contributed by atoms with Crippen LogP contribution in [0.5, 0.6) is 0 Å². The third kappa shape index (κ3) is 1.89. The second kappa shape index (κ2) is 4.41. The monoisotopic (exact) mass is 230 g/mol. The summed E-state index contributed by atoms with van der Waals surface area (Å²) in [6, 6.07) is 4.50. The molecule has 0 aromatic carbocycles. The van der Waals surface area contributed by atoms with Gasteiger partial charge < -0.3 is 5.32 Å². The lowest BCUT2D eigenvalue weighted by molar-refractivity contribution is 0.116. The number of nitrogens with zero attached hydrogens (tertiary/aromatic N) is 1. The van der Waals surface area contributed by atoms with Crippen molar-refractivity contribution in [3.05, 3.63) is 29.6 Å². The Bertz CT molecular complexity index is 372. The Morgan fingerprint density at radius 1 is 1.24 bits per heavy atom. The van der Waals surface area contributed by atoms with Crippen molar-refractivity contribution in [1.29, 1.82) is 0 Å². The molecule has 0 bridgehead atoms. The molecule has 0 radical (unpaired) electrons. The van der Waals surface area contributed by atoms with Gasteiger partial charge in [-0.25, -0.2) is 0 Å². The highest BCUT2D eigenvalue weighted by Gasteiger charge is 2.45. The van der Waals surface area contributed by atoms with E-state index in [2.05, 4.69) is 35.6 Å². The van der Waals surface area contributed by atoms with Gasteiger partial charge in [0.1, 0.15) is 0 Å². The first kappa shape index (κ1) is 11.2. The van der Waals surface area contributed by atoms with Crippen LogP contribution in [0.3, 0.4) is 0 Å². The molecule has 0 unspecified atom stereocenters. The van der Waals surface area contributed by atoms with Crippen molar-refractivity contribution in [2.45, 2.75) is 44.4 Å². The number of piperidine rings is 1. The minimum absolute atomic E-state index is 0.475. The Morgan fingerprint density at radius 2 is 2.00 bits per heavy atom. The van der Waals surface area contributed by atoms with E-state index in [1.54, 1.807) is 0 Å². The van der Waals surface area contributed by atoms with Crippen LogP contribution in [-0.4, -0.2) is 18.1 Å². The van der Waals surface area contributed by atoms with Crippen LogP contribution in [0.2, 0.25) is 0 Å². The second-order valence-corrected chi connectivity index (χ2v) is 5.72. The predicted molar refractivity (Wildman–Crippen MR) is 70.1 cm³/mol. The summed E-state index contributed by atoms with van der Waals surface area (Å²) in [5, 5.41) is 3.48. The highest BCUT2D eigenvalue weighted by Crippen LogP contribution is 2.51. The third-order valence-corrected chi connectivity index (χ3v) is 4.85. The fraction of sp³-hybridized carbons (Fsp3) is 0.667. The SMILES string of the molecule is Cc1ccc(C2(C3CCNCC3)CCC2)cn1. The quantitative estimate of drug-likeness (QED) is 0.845. The number of rotatable bonds is 2. The number of pyridine rings is 1. The van der Waals surface area contributed by atoms with E-state index in [4.69, 9.17) is 0 Å². The maximum Gasteiger partial charge on any atom is 0.0372 e. The largest absolute Gasteiger partial charge is 0.317 e. The zero-order valence-electron chi connectivity index (χ0n) is 10.7. The maximum absolute atomic E-state index is 4.51. The first-order chi connectivity index (χ1) is 8.31. The van der Waals surface area contributed by atoms with E-state index in [9.17, 15) is 0 Å². The molecule has 1 aliphatic heterocycles. The van der Waals surface area contributed by atoms with Crippen LogP contribution in [0.25, 0.3) is 0 Å². The Kier molecular flexibility index (Phi) is 2.91. The Labute approximate surface area is 104 Å². The van der Waals surface area contributed by atoms with Crippen molar-refractivity contribution in [3.8, 4) is 0 Å². The van der Waals surface area contributed by atoms with Gasteiger partial charge in [-0.3, -0.25) is 4.98 Å². The summed E-state index contributed by atoms with van der Waals surface area (Å²) < 4.78 is 0. The molecule has 0 amide bonds. The number of hydrogen-bond donors (Lipinski definition) is 1. The van der Waals surface area contributed by atoms with E-state index >= 15 is 0 Å². The fourth-order valence-electron chi connectivity index (χ4n) is 3.63. The molecule has 2 nitrogen and oxygen atoms in total. The number of nitrogens with one attached hydrogen (secondary N) is 1.